The number of halogens is 1. The highest BCUT2D eigenvalue weighted by atomic mass is 35.5. The van der Waals surface area contributed by atoms with Gasteiger partial charge < -0.3 is 30.6 Å². The molecule has 3 aromatic carbocycles. The molecule has 0 saturated heterocycles. The number of primary amides is 1. The minimum atomic E-state index is -1.05. The number of ether oxygens (including phenoxy) is 1. The highest BCUT2D eigenvalue weighted by Crippen LogP contribution is 2.41. The second-order valence-corrected chi connectivity index (χ2v) is 10.2. The van der Waals surface area contributed by atoms with Gasteiger partial charge in [-0.05, 0) is 65.4 Å². The van der Waals surface area contributed by atoms with Gasteiger partial charge in [0.1, 0.15) is 12.3 Å². The number of rotatable bonds is 11. The first-order valence-corrected chi connectivity index (χ1v) is 13.0. The van der Waals surface area contributed by atoms with Crippen LogP contribution in [0, 0.1) is 0 Å². The molecule has 0 aliphatic heterocycles. The van der Waals surface area contributed by atoms with E-state index >= 15 is 0 Å². The lowest BCUT2D eigenvalue weighted by atomic mass is 10.0. The Hall–Kier alpha value is -3.92. The summed E-state index contributed by atoms with van der Waals surface area (Å²) in [6.45, 7) is -0.964. The number of nitrogens with zero attached hydrogens (tertiary/aromatic N) is 1. The van der Waals surface area contributed by atoms with Gasteiger partial charge in [-0.1, -0.05) is 29.8 Å². The van der Waals surface area contributed by atoms with Crippen molar-refractivity contribution in [2.45, 2.75) is 31.4 Å². The lowest BCUT2D eigenvalue weighted by Crippen LogP contribution is -2.35. The number of benzene rings is 3. The Kier molecular flexibility index (Phi) is 7.56. The Labute approximate surface area is 229 Å². The SMILES string of the molecule is NC(=O)c1cc2cc(Cl)ccc2cc1OCC(=O)c1cn(CC(=O)NC[C@H](O)CO)c2cc(C3CC3)ccc12. The number of ketones is 1. The first kappa shape index (κ1) is 26.7. The molecule has 4 aromatic rings. The maximum atomic E-state index is 13.4. The molecule has 39 heavy (non-hydrogen) atoms. The molecule has 0 bridgehead atoms. The number of hydrogen-bond acceptors (Lipinski definition) is 6. The third-order valence-corrected chi connectivity index (χ3v) is 7.08. The van der Waals surface area contributed by atoms with Crippen molar-refractivity contribution in [3.8, 4) is 5.75 Å². The molecule has 5 N–H and O–H groups in total. The Morgan fingerprint density at radius 2 is 1.87 bits per heavy atom. The van der Waals surface area contributed by atoms with Crippen LogP contribution in [-0.4, -0.2) is 58.2 Å². The van der Waals surface area contributed by atoms with Crippen molar-refractivity contribution < 1.29 is 29.3 Å². The molecule has 10 heteroatoms. The summed E-state index contributed by atoms with van der Waals surface area (Å²) in [6.07, 6.45) is 2.77. The van der Waals surface area contributed by atoms with Crippen LogP contribution in [0.2, 0.25) is 5.02 Å². The highest BCUT2D eigenvalue weighted by molar-refractivity contribution is 6.31. The van der Waals surface area contributed by atoms with Gasteiger partial charge in [0.25, 0.3) is 5.91 Å². The van der Waals surface area contributed by atoms with E-state index in [1.165, 1.54) is 0 Å². The summed E-state index contributed by atoms with van der Waals surface area (Å²) < 4.78 is 7.52. The zero-order chi connectivity index (χ0) is 27.7. The Morgan fingerprint density at radius 1 is 1.08 bits per heavy atom. The van der Waals surface area contributed by atoms with Crippen molar-refractivity contribution in [3.63, 3.8) is 0 Å². The zero-order valence-electron chi connectivity index (χ0n) is 21.0. The minimum Gasteiger partial charge on any atom is -0.485 e. The van der Waals surface area contributed by atoms with E-state index in [0.29, 0.717) is 27.3 Å². The van der Waals surface area contributed by atoms with E-state index in [2.05, 4.69) is 5.32 Å². The second-order valence-electron chi connectivity index (χ2n) is 9.78. The maximum absolute atomic E-state index is 13.4. The van der Waals surface area contributed by atoms with E-state index in [9.17, 15) is 19.5 Å². The van der Waals surface area contributed by atoms with Crippen LogP contribution in [0.25, 0.3) is 21.7 Å². The molecule has 0 spiro atoms. The summed E-state index contributed by atoms with van der Waals surface area (Å²) in [7, 11) is 0. The number of aromatic nitrogens is 1. The summed E-state index contributed by atoms with van der Waals surface area (Å²) in [6, 6.07) is 14.3. The topological polar surface area (TPSA) is 144 Å². The number of aliphatic hydroxyl groups is 2. The number of fused-ring (bicyclic) bond motifs is 2. The van der Waals surface area contributed by atoms with Crippen LogP contribution in [0.1, 0.15) is 45.0 Å². The van der Waals surface area contributed by atoms with Crippen LogP contribution in [0.15, 0.2) is 54.7 Å². The third kappa shape index (κ3) is 5.90. The van der Waals surface area contributed by atoms with Crippen molar-refractivity contribution in [1.82, 2.24) is 9.88 Å². The molecule has 1 fully saturated rings. The quantitative estimate of drug-likeness (QED) is 0.212. The van der Waals surface area contributed by atoms with E-state index in [4.69, 9.17) is 27.2 Å². The number of hydrogen-bond donors (Lipinski definition) is 4. The van der Waals surface area contributed by atoms with Crippen LogP contribution in [0.4, 0.5) is 0 Å². The molecule has 1 atom stereocenters. The fraction of sp³-hybridized carbons (Fsp3) is 0.276. The molecule has 1 aliphatic carbocycles. The molecule has 5 rings (SSSR count). The maximum Gasteiger partial charge on any atom is 0.252 e. The Bertz CT molecular complexity index is 1590. The number of Topliss-reactive ketones (excluding diaryl/α,β-unsaturated/α-hetero) is 1. The van der Waals surface area contributed by atoms with Gasteiger partial charge in [0.15, 0.2) is 6.61 Å². The number of nitrogens with two attached hydrogens (primary N) is 1. The van der Waals surface area contributed by atoms with E-state index < -0.39 is 18.6 Å². The molecule has 1 aliphatic rings. The standard InChI is InChI=1S/C29H28ClN3O6/c30-20-5-3-18-10-27(23(29(31)38)8-19(18)7-20)39-15-26(36)24-12-33(13-28(37)32-11-21(35)14-34)25-9-17(16-1-2-16)4-6-22(24)25/h3-10,12,16,21,34-35H,1-2,11,13-15H2,(H2,31,38)(H,32,37)/t21-/m0/s1. The molecule has 0 radical (unpaired) electrons. The largest absolute Gasteiger partial charge is 0.485 e. The van der Waals surface area contributed by atoms with Crippen molar-refractivity contribution in [3.05, 3.63) is 76.4 Å². The lowest BCUT2D eigenvalue weighted by molar-refractivity contribution is -0.122. The average Bonchev–Trinajstić information content (AvgIpc) is 3.72. The molecule has 1 aromatic heterocycles. The van der Waals surface area contributed by atoms with Crippen molar-refractivity contribution in [1.29, 1.82) is 0 Å². The number of amides is 2. The first-order valence-electron chi connectivity index (χ1n) is 12.6. The number of carbonyl (C=O) groups is 3. The van der Waals surface area contributed by atoms with Gasteiger partial charge in [-0.15, -0.1) is 0 Å². The van der Waals surface area contributed by atoms with Crippen LogP contribution < -0.4 is 15.8 Å². The molecule has 2 amide bonds. The Morgan fingerprint density at radius 3 is 2.59 bits per heavy atom. The smallest absolute Gasteiger partial charge is 0.252 e. The summed E-state index contributed by atoms with van der Waals surface area (Å²) in [5.41, 5.74) is 7.97. The van der Waals surface area contributed by atoms with Gasteiger partial charge >= 0.3 is 0 Å². The predicted molar refractivity (Wildman–Crippen MR) is 147 cm³/mol. The van der Waals surface area contributed by atoms with Crippen LogP contribution in [-0.2, 0) is 11.3 Å². The van der Waals surface area contributed by atoms with Crippen LogP contribution >= 0.6 is 11.6 Å². The summed E-state index contributed by atoms with van der Waals surface area (Å²) >= 11 is 6.07. The third-order valence-electron chi connectivity index (χ3n) is 6.84. The fourth-order valence-electron chi connectivity index (χ4n) is 4.62. The Balaban J connectivity index is 1.41. The van der Waals surface area contributed by atoms with Gasteiger partial charge in [0.05, 0.1) is 18.3 Å². The van der Waals surface area contributed by atoms with Crippen LogP contribution in [0.3, 0.4) is 0 Å². The van der Waals surface area contributed by atoms with Gasteiger partial charge in [-0.2, -0.15) is 0 Å². The summed E-state index contributed by atoms with van der Waals surface area (Å²) in [5.74, 6) is -0.730. The van der Waals surface area contributed by atoms with E-state index in [-0.39, 0.29) is 42.7 Å². The predicted octanol–water partition coefficient (Wildman–Crippen LogP) is 3.16. The first-order chi connectivity index (χ1) is 18.7. The number of carbonyl (C=O) groups excluding carboxylic acids is 3. The molecule has 202 valence electrons. The van der Waals surface area contributed by atoms with E-state index in [0.717, 1.165) is 29.3 Å². The molecule has 9 nitrogen and oxygen atoms in total. The monoisotopic (exact) mass is 549 g/mol. The molecule has 1 heterocycles. The fourth-order valence-corrected chi connectivity index (χ4v) is 4.80. The number of aliphatic hydroxyl groups excluding tert-OH is 2. The van der Waals surface area contributed by atoms with Gasteiger partial charge in [0.2, 0.25) is 11.7 Å². The van der Waals surface area contributed by atoms with Crippen molar-refractivity contribution >= 4 is 50.9 Å². The summed E-state index contributed by atoms with van der Waals surface area (Å²) in [4.78, 5) is 38.0. The van der Waals surface area contributed by atoms with Crippen LogP contribution in [0.5, 0.6) is 5.75 Å². The molecule has 0 unspecified atom stereocenters. The normalized spacial score (nSPS) is 13.9. The summed E-state index contributed by atoms with van der Waals surface area (Å²) in [5, 5.41) is 23.8. The van der Waals surface area contributed by atoms with Crippen molar-refractivity contribution in [2.24, 2.45) is 5.73 Å². The average molecular weight is 550 g/mol. The van der Waals surface area contributed by atoms with Gasteiger partial charge in [0, 0.05) is 34.2 Å². The molecular formula is C29H28ClN3O6. The number of nitrogens with one attached hydrogen (secondary N) is 1. The zero-order valence-corrected chi connectivity index (χ0v) is 21.8. The molecular weight excluding hydrogens is 522 g/mol. The van der Waals surface area contributed by atoms with E-state index in [1.807, 2.05) is 18.2 Å². The van der Waals surface area contributed by atoms with Gasteiger partial charge in [-0.3, -0.25) is 14.4 Å². The van der Waals surface area contributed by atoms with E-state index in [1.54, 1.807) is 41.1 Å². The highest BCUT2D eigenvalue weighted by Gasteiger charge is 2.25. The van der Waals surface area contributed by atoms with Gasteiger partial charge in [-0.25, -0.2) is 0 Å². The lowest BCUT2D eigenvalue weighted by Gasteiger charge is -2.11. The second kappa shape index (κ2) is 11.1. The minimum absolute atomic E-state index is 0.0734. The van der Waals surface area contributed by atoms with Crippen molar-refractivity contribution in [2.75, 3.05) is 19.8 Å². The molecule has 1 saturated carbocycles.